The summed E-state index contributed by atoms with van der Waals surface area (Å²) < 4.78 is 10.3. The fraction of sp³-hybridized carbons (Fsp3) is 0.600. The van der Waals surface area contributed by atoms with Crippen LogP contribution in [0.2, 0.25) is 0 Å². The largest absolute Gasteiger partial charge is 0.497 e. The van der Waals surface area contributed by atoms with Crippen molar-refractivity contribution in [3.8, 4) is 5.75 Å². The van der Waals surface area contributed by atoms with Crippen molar-refractivity contribution in [1.82, 2.24) is 0 Å². The molecule has 0 saturated carbocycles. The summed E-state index contributed by atoms with van der Waals surface area (Å²) in [5.74, 6) is -0.0483. The summed E-state index contributed by atoms with van der Waals surface area (Å²) in [6.45, 7) is 4.23. The Hall–Kier alpha value is -2.04. The lowest BCUT2D eigenvalue weighted by Crippen LogP contribution is -2.39. The molecule has 1 aromatic carbocycles. The van der Waals surface area contributed by atoms with Gasteiger partial charge in [-0.15, -0.1) is 0 Å². The predicted molar refractivity (Wildman–Crippen MR) is 100.0 cm³/mol. The Bertz CT molecular complexity index is 501. The van der Waals surface area contributed by atoms with Gasteiger partial charge in [0.25, 0.3) is 0 Å². The monoisotopic (exact) mass is 349 g/mol. The van der Waals surface area contributed by atoms with Crippen LogP contribution in [0.5, 0.6) is 5.75 Å². The van der Waals surface area contributed by atoms with Gasteiger partial charge in [0.05, 0.1) is 13.7 Å². The van der Waals surface area contributed by atoms with Gasteiger partial charge in [-0.25, -0.2) is 4.79 Å². The standard InChI is InChI=1S/C20H31NO4/c1-4-6-7-8-9-10-16(15-22)19(20(23)25-5-2)21-17-11-13-18(24-3)14-12-17/h11-16,19,21H,4-10H2,1-3H3/t16-,19-/m0/s1. The number of hydrogen-bond donors (Lipinski definition) is 1. The third-order valence-corrected chi connectivity index (χ3v) is 4.20. The van der Waals surface area contributed by atoms with Gasteiger partial charge < -0.3 is 19.6 Å². The zero-order valence-electron chi connectivity index (χ0n) is 15.6. The lowest BCUT2D eigenvalue weighted by atomic mass is 9.94. The number of nitrogens with one attached hydrogen (secondary N) is 1. The summed E-state index contributed by atoms with van der Waals surface area (Å²) in [6, 6.07) is 6.61. The number of methoxy groups -OCH3 is 1. The minimum absolute atomic E-state index is 0.293. The number of rotatable bonds is 13. The number of anilines is 1. The van der Waals surface area contributed by atoms with E-state index in [2.05, 4.69) is 12.2 Å². The minimum Gasteiger partial charge on any atom is -0.497 e. The normalized spacial score (nSPS) is 12.9. The number of carbonyl (C=O) groups is 2. The molecule has 0 amide bonds. The molecule has 0 heterocycles. The average Bonchev–Trinajstić information content (AvgIpc) is 2.64. The Morgan fingerprint density at radius 3 is 2.36 bits per heavy atom. The van der Waals surface area contributed by atoms with Crippen molar-refractivity contribution in [2.24, 2.45) is 5.92 Å². The third kappa shape index (κ3) is 7.59. The first kappa shape index (κ1) is 21.0. The molecule has 0 unspecified atom stereocenters. The molecule has 0 spiro atoms. The van der Waals surface area contributed by atoms with Gasteiger partial charge in [-0.3, -0.25) is 0 Å². The molecule has 1 rings (SSSR count). The summed E-state index contributed by atoms with van der Waals surface area (Å²) in [5, 5.41) is 3.16. The second-order valence-corrected chi connectivity index (χ2v) is 6.11. The number of unbranched alkanes of at least 4 members (excludes halogenated alkanes) is 4. The molecule has 0 aromatic heterocycles. The van der Waals surface area contributed by atoms with E-state index in [1.54, 1.807) is 14.0 Å². The Balaban J connectivity index is 2.74. The van der Waals surface area contributed by atoms with Crippen LogP contribution in [0.3, 0.4) is 0 Å². The van der Waals surface area contributed by atoms with Crippen LogP contribution in [0.4, 0.5) is 5.69 Å². The van der Waals surface area contributed by atoms with Gasteiger partial charge in [-0.1, -0.05) is 39.0 Å². The van der Waals surface area contributed by atoms with Crippen LogP contribution in [0.15, 0.2) is 24.3 Å². The van der Waals surface area contributed by atoms with E-state index in [0.29, 0.717) is 13.0 Å². The molecular weight excluding hydrogens is 318 g/mol. The molecule has 1 aromatic rings. The summed E-state index contributed by atoms with van der Waals surface area (Å²) in [5.41, 5.74) is 0.761. The summed E-state index contributed by atoms with van der Waals surface area (Å²) in [7, 11) is 1.60. The molecule has 5 heteroatoms. The molecule has 0 aliphatic carbocycles. The maximum Gasteiger partial charge on any atom is 0.329 e. The van der Waals surface area contributed by atoms with Crippen LogP contribution in [0.25, 0.3) is 0 Å². The fourth-order valence-electron chi connectivity index (χ4n) is 2.74. The Labute approximate surface area is 151 Å². The first-order valence-electron chi connectivity index (χ1n) is 9.18. The van der Waals surface area contributed by atoms with E-state index in [4.69, 9.17) is 9.47 Å². The number of carbonyl (C=O) groups excluding carboxylic acids is 2. The predicted octanol–water partition coefficient (Wildman–Crippen LogP) is 4.21. The summed E-state index contributed by atoms with van der Waals surface area (Å²) in [4.78, 5) is 23.9. The van der Waals surface area contributed by atoms with Crippen molar-refractivity contribution in [3.05, 3.63) is 24.3 Å². The van der Waals surface area contributed by atoms with E-state index in [0.717, 1.165) is 37.0 Å². The van der Waals surface area contributed by atoms with Crippen LogP contribution in [-0.2, 0) is 14.3 Å². The van der Waals surface area contributed by atoms with Gasteiger partial charge in [0, 0.05) is 11.6 Å². The number of aldehydes is 1. The van der Waals surface area contributed by atoms with Crippen LogP contribution >= 0.6 is 0 Å². The third-order valence-electron chi connectivity index (χ3n) is 4.20. The highest BCUT2D eigenvalue weighted by Gasteiger charge is 2.29. The van der Waals surface area contributed by atoms with Gasteiger partial charge >= 0.3 is 5.97 Å². The molecule has 1 N–H and O–H groups in total. The van der Waals surface area contributed by atoms with E-state index in [1.807, 2.05) is 24.3 Å². The molecule has 140 valence electrons. The lowest BCUT2D eigenvalue weighted by molar-refractivity contribution is -0.146. The van der Waals surface area contributed by atoms with E-state index in [1.165, 1.54) is 12.8 Å². The number of benzene rings is 1. The highest BCUT2D eigenvalue weighted by Crippen LogP contribution is 2.21. The van der Waals surface area contributed by atoms with Crippen molar-refractivity contribution in [1.29, 1.82) is 0 Å². The lowest BCUT2D eigenvalue weighted by Gasteiger charge is -2.23. The van der Waals surface area contributed by atoms with E-state index in [-0.39, 0.29) is 5.97 Å². The minimum atomic E-state index is -0.669. The molecular formula is C20H31NO4. The van der Waals surface area contributed by atoms with Crippen LogP contribution in [0, 0.1) is 5.92 Å². The first-order valence-corrected chi connectivity index (χ1v) is 9.18. The molecule has 5 nitrogen and oxygen atoms in total. The van der Waals surface area contributed by atoms with Crippen molar-refractivity contribution >= 4 is 17.9 Å². The second kappa shape index (κ2) is 12.3. The van der Waals surface area contributed by atoms with Crippen LogP contribution < -0.4 is 10.1 Å². The first-order chi connectivity index (χ1) is 12.2. The summed E-state index contributed by atoms with van der Waals surface area (Å²) in [6.07, 6.45) is 7.12. The van der Waals surface area contributed by atoms with Gasteiger partial charge in [-0.2, -0.15) is 0 Å². The molecule has 0 fully saturated rings. The zero-order chi connectivity index (χ0) is 18.5. The zero-order valence-corrected chi connectivity index (χ0v) is 15.6. The number of esters is 1. The number of hydrogen-bond acceptors (Lipinski definition) is 5. The highest BCUT2D eigenvalue weighted by molar-refractivity contribution is 5.83. The van der Waals surface area contributed by atoms with Crippen LogP contribution in [-0.4, -0.2) is 32.0 Å². The molecule has 0 radical (unpaired) electrons. The molecule has 0 saturated heterocycles. The molecule has 0 aliphatic rings. The Morgan fingerprint density at radius 1 is 1.12 bits per heavy atom. The van der Waals surface area contributed by atoms with Crippen molar-refractivity contribution < 1.29 is 19.1 Å². The fourth-order valence-corrected chi connectivity index (χ4v) is 2.74. The van der Waals surface area contributed by atoms with Gasteiger partial charge in [0.15, 0.2) is 0 Å². The van der Waals surface area contributed by atoms with E-state index >= 15 is 0 Å². The van der Waals surface area contributed by atoms with Crippen molar-refractivity contribution in [2.45, 2.75) is 58.4 Å². The molecule has 25 heavy (non-hydrogen) atoms. The maximum atomic E-state index is 12.3. The molecule has 2 atom stereocenters. The molecule has 0 aliphatic heterocycles. The number of ether oxygens (including phenoxy) is 2. The topological polar surface area (TPSA) is 64.6 Å². The van der Waals surface area contributed by atoms with Gasteiger partial charge in [0.1, 0.15) is 18.1 Å². The van der Waals surface area contributed by atoms with Crippen molar-refractivity contribution in [3.63, 3.8) is 0 Å². The van der Waals surface area contributed by atoms with Gasteiger partial charge in [-0.05, 0) is 37.6 Å². The molecule has 0 bridgehead atoms. The Morgan fingerprint density at radius 2 is 1.80 bits per heavy atom. The summed E-state index contributed by atoms with van der Waals surface area (Å²) >= 11 is 0. The quantitative estimate of drug-likeness (QED) is 0.328. The van der Waals surface area contributed by atoms with E-state index in [9.17, 15) is 9.59 Å². The van der Waals surface area contributed by atoms with Crippen molar-refractivity contribution in [2.75, 3.05) is 19.0 Å². The second-order valence-electron chi connectivity index (χ2n) is 6.11. The Kier molecular flexibility index (Phi) is 10.4. The van der Waals surface area contributed by atoms with E-state index < -0.39 is 12.0 Å². The van der Waals surface area contributed by atoms with Crippen LogP contribution in [0.1, 0.15) is 52.4 Å². The average molecular weight is 349 g/mol. The van der Waals surface area contributed by atoms with Gasteiger partial charge in [0.2, 0.25) is 0 Å². The SMILES string of the molecule is CCCCCCC[C@@H](C=O)[C@H](Nc1ccc(OC)cc1)C(=O)OCC. The smallest absolute Gasteiger partial charge is 0.329 e. The maximum absolute atomic E-state index is 12.3. The highest BCUT2D eigenvalue weighted by atomic mass is 16.5.